The summed E-state index contributed by atoms with van der Waals surface area (Å²) >= 11 is 0. The summed E-state index contributed by atoms with van der Waals surface area (Å²) in [5.41, 5.74) is 0.185. The molecule has 0 radical (unpaired) electrons. The quantitative estimate of drug-likeness (QED) is 0.788. The highest BCUT2D eigenvalue weighted by molar-refractivity contribution is 4.95. The van der Waals surface area contributed by atoms with Crippen molar-refractivity contribution < 1.29 is 4.74 Å². The Balaban J connectivity index is 1.94. The molecule has 94 valence electrons. The van der Waals surface area contributed by atoms with E-state index in [9.17, 15) is 0 Å². The summed E-state index contributed by atoms with van der Waals surface area (Å²) in [5, 5.41) is 3.57. The number of rotatable bonds is 4. The minimum Gasteiger partial charge on any atom is -0.377 e. The van der Waals surface area contributed by atoms with Gasteiger partial charge in [0.15, 0.2) is 0 Å². The average molecular weight is 226 g/mol. The molecule has 2 fully saturated rings. The second-order valence-corrected chi connectivity index (χ2v) is 5.54. The standard InChI is InChI=1S/C13H26N2O/c1-4-12-8-14-11(2)9-15(12)10-13(16-3)6-5-7-13/h11-12,14H,4-10H2,1-3H3. The predicted molar refractivity (Wildman–Crippen MR) is 66.7 cm³/mol. The molecule has 0 aromatic heterocycles. The highest BCUT2D eigenvalue weighted by Crippen LogP contribution is 2.36. The van der Waals surface area contributed by atoms with E-state index in [0.717, 1.165) is 13.1 Å². The van der Waals surface area contributed by atoms with E-state index in [2.05, 4.69) is 24.1 Å². The van der Waals surface area contributed by atoms with Gasteiger partial charge in [-0.1, -0.05) is 6.92 Å². The van der Waals surface area contributed by atoms with Crippen molar-refractivity contribution in [3.8, 4) is 0 Å². The van der Waals surface area contributed by atoms with E-state index in [1.54, 1.807) is 0 Å². The Hall–Kier alpha value is -0.120. The van der Waals surface area contributed by atoms with E-state index >= 15 is 0 Å². The lowest BCUT2D eigenvalue weighted by molar-refractivity contribution is -0.101. The van der Waals surface area contributed by atoms with Crippen LogP contribution < -0.4 is 5.32 Å². The molecule has 1 saturated carbocycles. The van der Waals surface area contributed by atoms with Crippen LogP contribution in [0.1, 0.15) is 39.5 Å². The predicted octanol–water partition coefficient (Wildman–Crippen LogP) is 1.63. The number of piperazine rings is 1. The van der Waals surface area contributed by atoms with Crippen molar-refractivity contribution in [2.24, 2.45) is 0 Å². The monoisotopic (exact) mass is 226 g/mol. The molecule has 2 rings (SSSR count). The first kappa shape index (κ1) is 12.3. The summed E-state index contributed by atoms with van der Waals surface area (Å²) < 4.78 is 5.74. The number of hydrogen-bond acceptors (Lipinski definition) is 3. The molecule has 1 aliphatic heterocycles. The Morgan fingerprint density at radius 3 is 2.69 bits per heavy atom. The van der Waals surface area contributed by atoms with Gasteiger partial charge in [-0.25, -0.2) is 0 Å². The maximum Gasteiger partial charge on any atom is 0.0805 e. The highest BCUT2D eigenvalue weighted by atomic mass is 16.5. The summed E-state index contributed by atoms with van der Waals surface area (Å²) in [5.74, 6) is 0. The fraction of sp³-hybridized carbons (Fsp3) is 1.00. The number of nitrogens with one attached hydrogen (secondary N) is 1. The Morgan fingerprint density at radius 1 is 1.44 bits per heavy atom. The van der Waals surface area contributed by atoms with E-state index in [4.69, 9.17) is 4.74 Å². The van der Waals surface area contributed by atoms with Gasteiger partial charge in [-0.05, 0) is 32.6 Å². The van der Waals surface area contributed by atoms with Gasteiger partial charge in [-0.15, -0.1) is 0 Å². The third-order valence-corrected chi connectivity index (χ3v) is 4.39. The molecule has 0 amide bonds. The van der Waals surface area contributed by atoms with Gasteiger partial charge < -0.3 is 10.1 Å². The Labute approximate surface area is 99.5 Å². The molecule has 0 aromatic rings. The van der Waals surface area contributed by atoms with Crippen molar-refractivity contribution in [1.82, 2.24) is 10.2 Å². The van der Waals surface area contributed by atoms with Crippen LogP contribution in [0.5, 0.6) is 0 Å². The molecule has 3 nitrogen and oxygen atoms in total. The summed E-state index contributed by atoms with van der Waals surface area (Å²) in [6, 6.07) is 1.32. The molecule has 0 bridgehead atoms. The van der Waals surface area contributed by atoms with Crippen LogP contribution in [0.25, 0.3) is 0 Å². The van der Waals surface area contributed by atoms with E-state index < -0.39 is 0 Å². The fourth-order valence-electron chi connectivity index (χ4n) is 3.00. The molecular weight excluding hydrogens is 200 g/mol. The second-order valence-electron chi connectivity index (χ2n) is 5.54. The summed E-state index contributed by atoms with van der Waals surface area (Å²) in [6.45, 7) is 8.00. The van der Waals surface area contributed by atoms with Crippen molar-refractivity contribution in [1.29, 1.82) is 0 Å². The number of ether oxygens (including phenoxy) is 1. The molecule has 0 aromatic carbocycles. The molecule has 16 heavy (non-hydrogen) atoms. The number of nitrogens with zero attached hydrogens (tertiary/aromatic N) is 1. The summed E-state index contributed by atoms with van der Waals surface area (Å²) in [4.78, 5) is 2.64. The summed E-state index contributed by atoms with van der Waals surface area (Å²) in [7, 11) is 1.88. The first-order chi connectivity index (χ1) is 7.69. The summed E-state index contributed by atoms with van der Waals surface area (Å²) in [6.07, 6.45) is 5.07. The maximum atomic E-state index is 5.74. The first-order valence-corrected chi connectivity index (χ1v) is 6.72. The van der Waals surface area contributed by atoms with Crippen LogP contribution in [0.4, 0.5) is 0 Å². The van der Waals surface area contributed by atoms with Gasteiger partial charge in [-0.3, -0.25) is 4.90 Å². The van der Waals surface area contributed by atoms with Crippen molar-refractivity contribution in [3.63, 3.8) is 0 Å². The average Bonchev–Trinajstić information content (AvgIpc) is 2.24. The van der Waals surface area contributed by atoms with Crippen LogP contribution in [0, 0.1) is 0 Å². The van der Waals surface area contributed by atoms with Crippen molar-refractivity contribution in [3.05, 3.63) is 0 Å². The van der Waals surface area contributed by atoms with Gasteiger partial charge >= 0.3 is 0 Å². The van der Waals surface area contributed by atoms with E-state index in [1.807, 2.05) is 7.11 Å². The highest BCUT2D eigenvalue weighted by Gasteiger charge is 2.40. The minimum atomic E-state index is 0.185. The van der Waals surface area contributed by atoms with Crippen molar-refractivity contribution >= 4 is 0 Å². The van der Waals surface area contributed by atoms with Crippen LogP contribution in [0.15, 0.2) is 0 Å². The van der Waals surface area contributed by atoms with E-state index in [-0.39, 0.29) is 5.60 Å². The largest absolute Gasteiger partial charge is 0.377 e. The molecule has 2 aliphatic rings. The fourth-order valence-corrected chi connectivity index (χ4v) is 3.00. The Bertz CT molecular complexity index is 222. The van der Waals surface area contributed by atoms with Gasteiger partial charge in [0.2, 0.25) is 0 Å². The normalized spacial score (nSPS) is 34.7. The molecule has 1 heterocycles. The lowest BCUT2D eigenvalue weighted by Crippen LogP contribution is -2.60. The zero-order valence-electron chi connectivity index (χ0n) is 11.0. The van der Waals surface area contributed by atoms with Crippen LogP contribution >= 0.6 is 0 Å². The zero-order valence-corrected chi connectivity index (χ0v) is 11.0. The van der Waals surface area contributed by atoms with E-state index in [1.165, 1.54) is 32.2 Å². The molecule has 2 atom stereocenters. The smallest absolute Gasteiger partial charge is 0.0805 e. The SMILES string of the molecule is CCC1CNC(C)CN1CC1(OC)CCC1. The van der Waals surface area contributed by atoms with Gasteiger partial charge in [0.1, 0.15) is 0 Å². The third-order valence-electron chi connectivity index (χ3n) is 4.39. The molecule has 1 saturated heterocycles. The lowest BCUT2D eigenvalue weighted by atomic mass is 9.79. The van der Waals surface area contributed by atoms with Gasteiger partial charge in [-0.2, -0.15) is 0 Å². The Kier molecular flexibility index (Phi) is 3.88. The first-order valence-electron chi connectivity index (χ1n) is 6.72. The molecule has 2 unspecified atom stereocenters. The van der Waals surface area contributed by atoms with Gasteiger partial charge in [0, 0.05) is 38.8 Å². The molecular formula is C13H26N2O. The second kappa shape index (κ2) is 5.03. The molecule has 1 aliphatic carbocycles. The lowest BCUT2D eigenvalue weighted by Gasteiger charge is -2.48. The van der Waals surface area contributed by atoms with Crippen LogP contribution in [0.3, 0.4) is 0 Å². The topological polar surface area (TPSA) is 24.5 Å². The maximum absolute atomic E-state index is 5.74. The van der Waals surface area contributed by atoms with Crippen LogP contribution in [-0.4, -0.2) is 49.3 Å². The van der Waals surface area contributed by atoms with Crippen LogP contribution in [0.2, 0.25) is 0 Å². The molecule has 1 N–H and O–H groups in total. The van der Waals surface area contributed by atoms with Crippen molar-refractivity contribution in [2.75, 3.05) is 26.7 Å². The Morgan fingerprint density at radius 2 is 2.19 bits per heavy atom. The zero-order chi connectivity index (χ0) is 11.6. The molecule has 3 heteroatoms. The molecule has 0 spiro atoms. The third kappa shape index (κ3) is 2.41. The van der Waals surface area contributed by atoms with Gasteiger partial charge in [0.05, 0.1) is 5.60 Å². The van der Waals surface area contributed by atoms with Gasteiger partial charge in [0.25, 0.3) is 0 Å². The van der Waals surface area contributed by atoms with E-state index in [0.29, 0.717) is 12.1 Å². The van der Waals surface area contributed by atoms with Crippen LogP contribution in [-0.2, 0) is 4.74 Å². The number of methoxy groups -OCH3 is 1. The minimum absolute atomic E-state index is 0.185. The van der Waals surface area contributed by atoms with Crippen molar-refractivity contribution in [2.45, 2.75) is 57.2 Å². The number of hydrogen-bond donors (Lipinski definition) is 1.